The zero-order chi connectivity index (χ0) is 22.2. The van der Waals surface area contributed by atoms with E-state index in [1.54, 1.807) is 24.3 Å². The number of rotatable bonds is 4. The molecule has 3 aromatic rings. The van der Waals surface area contributed by atoms with Crippen LogP contribution in [0.25, 0.3) is 10.8 Å². The van der Waals surface area contributed by atoms with Crippen LogP contribution in [0.4, 0.5) is 5.69 Å². The van der Waals surface area contributed by atoms with Gasteiger partial charge in [0, 0.05) is 37.6 Å². The maximum atomic E-state index is 13.0. The largest absolute Gasteiger partial charge is 0.335 e. The van der Waals surface area contributed by atoms with Gasteiger partial charge in [0.1, 0.15) is 0 Å². The first-order valence-corrected chi connectivity index (χ1v) is 10.7. The van der Waals surface area contributed by atoms with E-state index in [2.05, 4.69) is 10.2 Å². The number of aromatic nitrogens is 2. The average molecular weight is 443 g/mol. The quantitative estimate of drug-likeness (QED) is 0.467. The summed E-state index contributed by atoms with van der Waals surface area (Å²) in [5.74, 6) is -0.435. The smallest absolute Gasteiger partial charge is 0.289 e. The number of hydrogen-bond donors (Lipinski definition) is 1. The summed E-state index contributed by atoms with van der Waals surface area (Å²) in [7, 11) is -4.10. The Kier molecular flexibility index (Phi) is 5.25. The molecular weight excluding hydrogens is 426 g/mol. The number of carbonyl (C=O) groups excluding carboxylic acids is 1. The van der Waals surface area contributed by atoms with Gasteiger partial charge in [0.05, 0.1) is 10.3 Å². The van der Waals surface area contributed by atoms with Crippen LogP contribution >= 0.6 is 0 Å². The van der Waals surface area contributed by atoms with Crippen molar-refractivity contribution in [3.05, 3.63) is 74.7 Å². The van der Waals surface area contributed by atoms with Crippen molar-refractivity contribution in [2.45, 2.75) is 4.90 Å². The first kappa shape index (κ1) is 20.6. The number of nitro groups is 1. The molecule has 4 rings (SSSR count). The number of H-pyrrole nitrogens is 1. The molecule has 0 aliphatic carbocycles. The molecule has 1 amide bonds. The van der Waals surface area contributed by atoms with Gasteiger partial charge in [-0.25, -0.2) is 13.5 Å². The maximum Gasteiger partial charge on any atom is 0.289 e. The van der Waals surface area contributed by atoms with E-state index in [1.165, 1.54) is 23.1 Å². The van der Waals surface area contributed by atoms with Gasteiger partial charge in [-0.05, 0) is 12.1 Å². The lowest BCUT2D eigenvalue weighted by molar-refractivity contribution is -0.387. The second kappa shape index (κ2) is 7.89. The van der Waals surface area contributed by atoms with Crippen molar-refractivity contribution < 1.29 is 18.1 Å². The van der Waals surface area contributed by atoms with Gasteiger partial charge < -0.3 is 4.90 Å². The molecule has 2 aromatic carbocycles. The van der Waals surface area contributed by atoms with Crippen molar-refractivity contribution in [1.82, 2.24) is 19.4 Å². The first-order chi connectivity index (χ1) is 14.8. The third-order valence-electron chi connectivity index (χ3n) is 5.10. The van der Waals surface area contributed by atoms with Crippen LogP contribution in [0.15, 0.2) is 58.2 Å². The van der Waals surface area contributed by atoms with Crippen molar-refractivity contribution >= 4 is 32.4 Å². The molecule has 11 nitrogen and oxygen atoms in total. The monoisotopic (exact) mass is 443 g/mol. The summed E-state index contributed by atoms with van der Waals surface area (Å²) < 4.78 is 27.0. The number of piperazine rings is 1. The minimum Gasteiger partial charge on any atom is -0.335 e. The maximum absolute atomic E-state index is 13.0. The fraction of sp³-hybridized carbons (Fsp3) is 0.211. The number of hydrogen-bond acceptors (Lipinski definition) is 7. The number of benzene rings is 2. The Morgan fingerprint density at radius 2 is 1.61 bits per heavy atom. The molecule has 0 radical (unpaired) electrons. The van der Waals surface area contributed by atoms with Crippen molar-refractivity contribution in [3.8, 4) is 0 Å². The number of nitrogens with zero attached hydrogens (tertiary/aromatic N) is 4. The Labute approximate surface area is 176 Å². The molecule has 1 aromatic heterocycles. The number of carbonyl (C=O) groups is 1. The van der Waals surface area contributed by atoms with Crippen LogP contribution in [0.2, 0.25) is 0 Å². The molecule has 160 valence electrons. The summed E-state index contributed by atoms with van der Waals surface area (Å²) in [5.41, 5.74) is -0.831. The van der Waals surface area contributed by atoms with Crippen molar-refractivity contribution in [2.75, 3.05) is 26.2 Å². The van der Waals surface area contributed by atoms with E-state index in [-0.39, 0.29) is 36.8 Å². The minimum atomic E-state index is -4.10. The summed E-state index contributed by atoms with van der Waals surface area (Å²) in [4.78, 5) is 36.5. The molecule has 0 bridgehead atoms. The molecule has 0 atom stereocenters. The number of aromatic amines is 1. The van der Waals surface area contributed by atoms with Crippen molar-refractivity contribution in [2.24, 2.45) is 0 Å². The number of amides is 1. The molecule has 1 saturated heterocycles. The summed E-state index contributed by atoms with van der Waals surface area (Å²) in [6.45, 7) is 0.102. The molecule has 12 heteroatoms. The Hall–Kier alpha value is -3.64. The van der Waals surface area contributed by atoms with E-state index in [0.29, 0.717) is 10.8 Å². The van der Waals surface area contributed by atoms with Crippen LogP contribution in [-0.4, -0.2) is 64.8 Å². The zero-order valence-corrected chi connectivity index (χ0v) is 16.9. The van der Waals surface area contributed by atoms with Gasteiger partial charge in [0.2, 0.25) is 10.0 Å². The molecule has 0 spiro atoms. The van der Waals surface area contributed by atoms with Crippen LogP contribution in [0, 0.1) is 10.1 Å². The molecular formula is C19H17N5O6S. The fourth-order valence-corrected chi connectivity index (χ4v) is 5.10. The lowest BCUT2D eigenvalue weighted by Crippen LogP contribution is -2.50. The van der Waals surface area contributed by atoms with Gasteiger partial charge in [0.25, 0.3) is 17.2 Å². The first-order valence-electron chi connectivity index (χ1n) is 9.31. The molecule has 1 N–H and O–H groups in total. The third kappa shape index (κ3) is 3.66. The standard InChI is InChI=1S/C19H17N5O6S/c25-18-14-6-2-1-5-13(14)17(20-21-18)19(26)22-9-11-23(12-10-22)31(29,30)16-8-4-3-7-15(16)24(27)28/h1-8H,9-12H2,(H,21,25). The predicted octanol–water partition coefficient (Wildman–Crippen LogP) is 0.978. The van der Waals surface area contributed by atoms with Gasteiger partial charge in [-0.1, -0.05) is 30.3 Å². The van der Waals surface area contributed by atoms with E-state index in [1.807, 2.05) is 0 Å². The fourth-order valence-electron chi connectivity index (χ4n) is 3.52. The van der Waals surface area contributed by atoms with E-state index in [0.717, 1.165) is 10.4 Å². The zero-order valence-electron chi connectivity index (χ0n) is 16.1. The predicted molar refractivity (Wildman–Crippen MR) is 110 cm³/mol. The third-order valence-corrected chi connectivity index (χ3v) is 7.05. The van der Waals surface area contributed by atoms with Crippen LogP contribution in [0.1, 0.15) is 10.5 Å². The van der Waals surface area contributed by atoms with E-state index in [9.17, 15) is 28.1 Å². The second-order valence-electron chi connectivity index (χ2n) is 6.87. The van der Waals surface area contributed by atoms with Gasteiger partial charge in [0.15, 0.2) is 10.6 Å². The van der Waals surface area contributed by atoms with E-state index in [4.69, 9.17) is 0 Å². The lowest BCUT2D eigenvalue weighted by Gasteiger charge is -2.33. The summed E-state index contributed by atoms with van der Waals surface area (Å²) in [5, 5.41) is 18.2. The SMILES string of the molecule is O=C(c1n[nH]c(=O)c2ccccc12)N1CCN(S(=O)(=O)c2ccccc2[N+](=O)[O-])CC1. The molecule has 31 heavy (non-hydrogen) atoms. The normalized spacial score (nSPS) is 15.2. The molecule has 1 aliphatic heterocycles. The van der Waals surface area contributed by atoms with Gasteiger partial charge in [-0.3, -0.25) is 19.7 Å². The van der Waals surface area contributed by atoms with Gasteiger partial charge >= 0.3 is 0 Å². The average Bonchev–Trinajstić information content (AvgIpc) is 2.79. The highest BCUT2D eigenvalue weighted by Crippen LogP contribution is 2.27. The van der Waals surface area contributed by atoms with Crippen molar-refractivity contribution in [3.63, 3.8) is 0 Å². The van der Waals surface area contributed by atoms with E-state index >= 15 is 0 Å². The van der Waals surface area contributed by atoms with Gasteiger partial charge in [-0.2, -0.15) is 9.40 Å². The minimum absolute atomic E-state index is 0.0264. The Morgan fingerprint density at radius 3 is 2.29 bits per heavy atom. The number of sulfonamides is 1. The van der Waals surface area contributed by atoms with Crippen molar-refractivity contribution in [1.29, 1.82) is 0 Å². The molecule has 1 fully saturated rings. The number of nitrogens with one attached hydrogen (secondary N) is 1. The Bertz CT molecular complexity index is 1350. The summed E-state index contributed by atoms with van der Waals surface area (Å²) >= 11 is 0. The highest BCUT2D eigenvalue weighted by atomic mass is 32.2. The molecule has 2 heterocycles. The van der Waals surface area contributed by atoms with Crippen LogP contribution in [-0.2, 0) is 10.0 Å². The van der Waals surface area contributed by atoms with Gasteiger partial charge in [-0.15, -0.1) is 0 Å². The highest BCUT2D eigenvalue weighted by molar-refractivity contribution is 7.89. The summed E-state index contributed by atoms with van der Waals surface area (Å²) in [6, 6.07) is 11.7. The topological polar surface area (TPSA) is 147 Å². The number of fused-ring (bicyclic) bond motifs is 1. The number of para-hydroxylation sites is 1. The van der Waals surface area contributed by atoms with Crippen LogP contribution < -0.4 is 5.56 Å². The molecule has 0 saturated carbocycles. The van der Waals surface area contributed by atoms with Crippen LogP contribution in [0.3, 0.4) is 0 Å². The Morgan fingerprint density at radius 1 is 1.00 bits per heavy atom. The molecule has 0 unspecified atom stereocenters. The van der Waals surface area contributed by atoms with E-state index < -0.39 is 32.1 Å². The second-order valence-corrected chi connectivity index (χ2v) is 8.77. The lowest BCUT2D eigenvalue weighted by atomic mass is 10.1. The molecule has 1 aliphatic rings. The highest BCUT2D eigenvalue weighted by Gasteiger charge is 2.35. The Balaban J connectivity index is 1.56. The summed E-state index contributed by atoms with van der Waals surface area (Å²) in [6.07, 6.45) is 0. The van der Waals surface area contributed by atoms with Crippen LogP contribution in [0.5, 0.6) is 0 Å². The number of nitro benzene ring substituents is 1.